The Morgan fingerprint density at radius 1 is 1.27 bits per heavy atom. The SMILES string of the molecule is CCNC(=NCC1CC1c1ccccc1)NC1CCN(C(N)=O)CC1.I. The van der Waals surface area contributed by atoms with Gasteiger partial charge in [0.2, 0.25) is 0 Å². The minimum absolute atomic E-state index is 0. The smallest absolute Gasteiger partial charge is 0.314 e. The Morgan fingerprint density at radius 2 is 1.96 bits per heavy atom. The van der Waals surface area contributed by atoms with Crippen LogP contribution in [0.5, 0.6) is 0 Å². The molecule has 1 saturated heterocycles. The number of rotatable bonds is 5. The number of hydrogen-bond donors (Lipinski definition) is 3. The second kappa shape index (κ2) is 9.99. The molecule has 2 fully saturated rings. The fourth-order valence-corrected chi connectivity index (χ4v) is 3.52. The maximum absolute atomic E-state index is 11.2. The second-order valence-electron chi connectivity index (χ2n) is 6.98. The van der Waals surface area contributed by atoms with Crippen molar-refractivity contribution in [3.8, 4) is 0 Å². The second-order valence-corrected chi connectivity index (χ2v) is 6.98. The average Bonchev–Trinajstić information content (AvgIpc) is 3.41. The molecule has 4 N–H and O–H groups in total. The average molecular weight is 471 g/mol. The first-order valence-electron chi connectivity index (χ1n) is 9.31. The lowest BCUT2D eigenvalue weighted by Crippen LogP contribution is -2.50. The fourth-order valence-electron chi connectivity index (χ4n) is 3.52. The number of likely N-dealkylation sites (tertiary alicyclic amines) is 1. The van der Waals surface area contributed by atoms with Gasteiger partial charge in [-0.1, -0.05) is 30.3 Å². The number of guanidine groups is 1. The molecule has 2 amide bonds. The number of piperidine rings is 1. The van der Waals surface area contributed by atoms with E-state index in [-0.39, 0.29) is 30.0 Å². The highest BCUT2D eigenvalue weighted by molar-refractivity contribution is 14.0. The minimum atomic E-state index is -0.320. The molecule has 1 aliphatic carbocycles. The Morgan fingerprint density at radius 3 is 2.58 bits per heavy atom. The number of benzene rings is 1. The van der Waals surface area contributed by atoms with Crippen LogP contribution in [0, 0.1) is 5.92 Å². The molecule has 7 heteroatoms. The quantitative estimate of drug-likeness (QED) is 0.351. The van der Waals surface area contributed by atoms with Crippen LogP contribution in [0.15, 0.2) is 35.3 Å². The molecule has 3 rings (SSSR count). The van der Waals surface area contributed by atoms with Gasteiger partial charge < -0.3 is 21.3 Å². The van der Waals surface area contributed by atoms with E-state index in [4.69, 9.17) is 10.7 Å². The van der Waals surface area contributed by atoms with E-state index in [0.29, 0.717) is 31.0 Å². The van der Waals surface area contributed by atoms with Crippen LogP contribution in [-0.4, -0.2) is 49.1 Å². The van der Waals surface area contributed by atoms with Crippen LogP contribution in [0.3, 0.4) is 0 Å². The van der Waals surface area contributed by atoms with Gasteiger partial charge in [-0.2, -0.15) is 0 Å². The van der Waals surface area contributed by atoms with Crippen molar-refractivity contribution in [2.75, 3.05) is 26.2 Å². The van der Waals surface area contributed by atoms with E-state index in [1.54, 1.807) is 4.90 Å². The highest BCUT2D eigenvalue weighted by atomic mass is 127. The number of hydrogen-bond acceptors (Lipinski definition) is 2. The molecule has 1 aromatic carbocycles. The van der Waals surface area contributed by atoms with Crippen molar-refractivity contribution in [1.82, 2.24) is 15.5 Å². The number of carbonyl (C=O) groups is 1. The molecule has 1 saturated carbocycles. The molecule has 1 heterocycles. The highest BCUT2D eigenvalue weighted by Crippen LogP contribution is 2.47. The van der Waals surface area contributed by atoms with Gasteiger partial charge >= 0.3 is 6.03 Å². The number of nitrogens with one attached hydrogen (secondary N) is 2. The number of urea groups is 1. The van der Waals surface area contributed by atoms with Crippen LogP contribution in [0.2, 0.25) is 0 Å². The van der Waals surface area contributed by atoms with Gasteiger partial charge in [0, 0.05) is 32.2 Å². The number of aliphatic imine (C=N–C) groups is 1. The van der Waals surface area contributed by atoms with Gasteiger partial charge in [-0.15, -0.1) is 24.0 Å². The first kappa shape index (κ1) is 20.8. The summed E-state index contributed by atoms with van der Waals surface area (Å²) in [4.78, 5) is 17.7. The number of amides is 2. The Kier molecular flexibility index (Phi) is 7.99. The molecule has 6 nitrogen and oxygen atoms in total. The zero-order chi connectivity index (χ0) is 17.6. The summed E-state index contributed by atoms with van der Waals surface area (Å²) >= 11 is 0. The maximum atomic E-state index is 11.2. The van der Waals surface area contributed by atoms with E-state index in [2.05, 4.69) is 47.9 Å². The zero-order valence-corrected chi connectivity index (χ0v) is 17.7. The summed E-state index contributed by atoms with van der Waals surface area (Å²) in [7, 11) is 0. The molecule has 2 aliphatic rings. The summed E-state index contributed by atoms with van der Waals surface area (Å²) < 4.78 is 0. The van der Waals surface area contributed by atoms with Crippen molar-refractivity contribution in [2.24, 2.45) is 16.6 Å². The van der Waals surface area contributed by atoms with E-state index in [0.717, 1.165) is 31.9 Å². The summed E-state index contributed by atoms with van der Waals surface area (Å²) in [5, 5.41) is 6.85. The molecule has 0 aromatic heterocycles. The van der Waals surface area contributed by atoms with Gasteiger partial charge in [-0.05, 0) is 43.6 Å². The van der Waals surface area contributed by atoms with Gasteiger partial charge in [-0.3, -0.25) is 4.99 Å². The topological polar surface area (TPSA) is 82.8 Å². The largest absolute Gasteiger partial charge is 0.357 e. The standard InChI is InChI=1S/C19H29N5O.HI/c1-2-21-19(23-16-8-10-24(11-9-16)18(20)25)22-13-15-12-17(15)14-6-4-3-5-7-14;/h3-7,15-17H,2,8-13H2,1H3,(H2,20,25)(H2,21,22,23);1H. The predicted molar refractivity (Wildman–Crippen MR) is 116 cm³/mol. The molecule has 2 atom stereocenters. The summed E-state index contributed by atoms with van der Waals surface area (Å²) in [6.07, 6.45) is 3.04. The summed E-state index contributed by atoms with van der Waals surface area (Å²) in [5.41, 5.74) is 6.77. The number of carbonyl (C=O) groups excluding carboxylic acids is 1. The van der Waals surface area contributed by atoms with Gasteiger partial charge in [0.1, 0.15) is 0 Å². The lowest BCUT2D eigenvalue weighted by Gasteiger charge is -2.32. The Hall–Kier alpha value is -1.51. The molecule has 0 bridgehead atoms. The third-order valence-corrected chi connectivity index (χ3v) is 5.13. The van der Waals surface area contributed by atoms with Crippen molar-refractivity contribution < 1.29 is 4.79 Å². The third-order valence-electron chi connectivity index (χ3n) is 5.13. The number of nitrogens with zero attached hydrogens (tertiary/aromatic N) is 2. The highest BCUT2D eigenvalue weighted by Gasteiger charge is 2.37. The van der Waals surface area contributed by atoms with Gasteiger partial charge in [0.15, 0.2) is 5.96 Å². The van der Waals surface area contributed by atoms with E-state index in [1.807, 2.05) is 0 Å². The molecule has 0 radical (unpaired) electrons. The van der Waals surface area contributed by atoms with Crippen LogP contribution < -0.4 is 16.4 Å². The van der Waals surface area contributed by atoms with E-state index in [1.165, 1.54) is 12.0 Å². The maximum Gasteiger partial charge on any atom is 0.314 e. The zero-order valence-electron chi connectivity index (χ0n) is 15.4. The molecule has 1 aliphatic heterocycles. The van der Waals surface area contributed by atoms with Crippen LogP contribution in [0.25, 0.3) is 0 Å². The monoisotopic (exact) mass is 471 g/mol. The first-order chi connectivity index (χ1) is 12.2. The van der Waals surface area contributed by atoms with Crippen LogP contribution in [-0.2, 0) is 0 Å². The predicted octanol–water partition coefficient (Wildman–Crippen LogP) is 2.51. The normalized spacial score (nSPS) is 23.1. The van der Waals surface area contributed by atoms with Crippen molar-refractivity contribution in [3.05, 3.63) is 35.9 Å². The van der Waals surface area contributed by atoms with Crippen LogP contribution in [0.4, 0.5) is 4.79 Å². The summed E-state index contributed by atoms with van der Waals surface area (Å²) in [6.45, 7) is 5.21. The molecule has 2 unspecified atom stereocenters. The Balaban J connectivity index is 0.00000243. The van der Waals surface area contributed by atoms with Crippen molar-refractivity contribution in [2.45, 2.75) is 38.1 Å². The summed E-state index contributed by atoms with van der Waals surface area (Å²) in [5.74, 6) is 2.19. The number of primary amides is 1. The van der Waals surface area contributed by atoms with Crippen molar-refractivity contribution in [3.63, 3.8) is 0 Å². The van der Waals surface area contributed by atoms with Crippen LogP contribution in [0.1, 0.15) is 37.7 Å². The minimum Gasteiger partial charge on any atom is -0.357 e. The fraction of sp³-hybridized carbons (Fsp3) is 0.579. The molecule has 26 heavy (non-hydrogen) atoms. The lowest BCUT2D eigenvalue weighted by atomic mass is 10.1. The van der Waals surface area contributed by atoms with Crippen LogP contribution >= 0.6 is 24.0 Å². The van der Waals surface area contributed by atoms with E-state index >= 15 is 0 Å². The summed E-state index contributed by atoms with van der Waals surface area (Å²) in [6, 6.07) is 10.7. The Bertz CT molecular complexity index is 601. The van der Waals surface area contributed by atoms with Gasteiger partial charge in [-0.25, -0.2) is 4.79 Å². The number of halogens is 1. The number of nitrogens with two attached hydrogens (primary N) is 1. The van der Waals surface area contributed by atoms with E-state index < -0.39 is 0 Å². The molecule has 144 valence electrons. The third kappa shape index (κ3) is 5.75. The lowest BCUT2D eigenvalue weighted by molar-refractivity contribution is 0.188. The van der Waals surface area contributed by atoms with E-state index in [9.17, 15) is 4.79 Å². The Labute approximate surface area is 173 Å². The molecular weight excluding hydrogens is 441 g/mol. The molecular formula is C19H30IN5O. The van der Waals surface area contributed by atoms with Crippen molar-refractivity contribution in [1.29, 1.82) is 0 Å². The molecule has 1 aromatic rings. The van der Waals surface area contributed by atoms with Gasteiger partial charge in [0.05, 0.1) is 0 Å². The molecule has 0 spiro atoms. The van der Waals surface area contributed by atoms with Crippen molar-refractivity contribution >= 4 is 36.0 Å². The first-order valence-corrected chi connectivity index (χ1v) is 9.31. The van der Waals surface area contributed by atoms with Gasteiger partial charge in [0.25, 0.3) is 0 Å².